The highest BCUT2D eigenvalue weighted by Crippen LogP contribution is 2.31. The van der Waals surface area contributed by atoms with E-state index in [4.69, 9.17) is 27.9 Å². The van der Waals surface area contributed by atoms with E-state index < -0.39 is 10.0 Å². The molecule has 0 bridgehead atoms. The summed E-state index contributed by atoms with van der Waals surface area (Å²) < 4.78 is 34.9. The zero-order valence-corrected chi connectivity index (χ0v) is 24.9. The maximum atomic E-state index is 13.6. The lowest BCUT2D eigenvalue weighted by Crippen LogP contribution is -2.49. The molecule has 1 heterocycles. The minimum Gasteiger partial charge on any atom is -0.456 e. The number of para-hydroxylation sites is 1. The molecule has 41 heavy (non-hydrogen) atoms. The third kappa shape index (κ3) is 6.62. The van der Waals surface area contributed by atoms with Crippen LogP contribution in [0.25, 0.3) is 0 Å². The van der Waals surface area contributed by atoms with Gasteiger partial charge in [-0.15, -0.1) is 0 Å². The van der Waals surface area contributed by atoms with Gasteiger partial charge < -0.3 is 14.5 Å². The Kier molecular flexibility index (Phi) is 8.45. The first-order valence-corrected chi connectivity index (χ1v) is 15.3. The molecular weight excluding hydrogens is 581 g/mol. The smallest absolute Gasteiger partial charge is 0.261 e. The monoisotopic (exact) mass is 609 g/mol. The summed E-state index contributed by atoms with van der Waals surface area (Å²) in [6.45, 7) is 6.47. The van der Waals surface area contributed by atoms with Crippen molar-refractivity contribution >= 4 is 50.5 Å². The Morgan fingerprint density at radius 2 is 1.56 bits per heavy atom. The van der Waals surface area contributed by atoms with Gasteiger partial charge >= 0.3 is 0 Å². The van der Waals surface area contributed by atoms with E-state index in [1.54, 1.807) is 47.4 Å². The Balaban J connectivity index is 1.30. The SMILES string of the molecule is Cc1ccc(C)c(N2CCN(C(=O)c3cc(Cl)ccc3NS(=O)(=O)c3ccc(Oc4ccccc4Cl)cc3)CC2)c1. The fourth-order valence-electron chi connectivity index (χ4n) is 4.71. The van der Waals surface area contributed by atoms with Gasteiger partial charge in [-0.2, -0.15) is 0 Å². The van der Waals surface area contributed by atoms with Crippen molar-refractivity contribution in [2.75, 3.05) is 35.8 Å². The van der Waals surface area contributed by atoms with Gasteiger partial charge in [0, 0.05) is 36.9 Å². The van der Waals surface area contributed by atoms with E-state index in [1.165, 1.54) is 35.4 Å². The average Bonchev–Trinajstić information content (AvgIpc) is 2.96. The fourth-order valence-corrected chi connectivity index (χ4v) is 6.13. The highest BCUT2D eigenvalue weighted by atomic mass is 35.5. The number of rotatable bonds is 7. The molecule has 0 radical (unpaired) electrons. The molecule has 7 nitrogen and oxygen atoms in total. The molecule has 1 aliphatic heterocycles. The van der Waals surface area contributed by atoms with Gasteiger partial charge in [0.1, 0.15) is 11.5 Å². The fraction of sp³-hybridized carbons (Fsp3) is 0.194. The van der Waals surface area contributed by atoms with Crippen LogP contribution in [0.4, 0.5) is 11.4 Å². The first-order chi connectivity index (χ1) is 19.6. The largest absolute Gasteiger partial charge is 0.456 e. The number of carbonyl (C=O) groups is 1. The molecule has 0 unspecified atom stereocenters. The van der Waals surface area contributed by atoms with Gasteiger partial charge in [-0.25, -0.2) is 8.42 Å². The summed E-state index contributed by atoms with van der Waals surface area (Å²) in [4.78, 5) is 17.6. The second-order valence-corrected chi connectivity index (χ2v) is 12.4. The van der Waals surface area contributed by atoms with Gasteiger partial charge in [0.2, 0.25) is 0 Å². The van der Waals surface area contributed by atoms with E-state index in [0.717, 1.165) is 5.69 Å². The van der Waals surface area contributed by atoms with Gasteiger partial charge in [-0.3, -0.25) is 9.52 Å². The molecule has 212 valence electrons. The van der Waals surface area contributed by atoms with Crippen molar-refractivity contribution in [3.63, 3.8) is 0 Å². The molecule has 10 heteroatoms. The molecule has 1 fully saturated rings. The minimum absolute atomic E-state index is 0.0134. The van der Waals surface area contributed by atoms with Gasteiger partial charge in [0.25, 0.3) is 15.9 Å². The van der Waals surface area contributed by atoms with E-state index in [9.17, 15) is 13.2 Å². The van der Waals surface area contributed by atoms with Crippen molar-refractivity contribution in [3.8, 4) is 11.5 Å². The molecule has 0 aliphatic carbocycles. The van der Waals surface area contributed by atoms with E-state index in [1.807, 2.05) is 0 Å². The van der Waals surface area contributed by atoms with Gasteiger partial charge in [-0.05, 0) is 85.6 Å². The summed E-state index contributed by atoms with van der Waals surface area (Å²) >= 11 is 12.4. The van der Waals surface area contributed by atoms with Crippen LogP contribution in [0.3, 0.4) is 0 Å². The van der Waals surface area contributed by atoms with Crippen LogP contribution in [0, 0.1) is 13.8 Å². The normalized spacial score (nSPS) is 13.7. The van der Waals surface area contributed by atoms with Crippen LogP contribution in [0.2, 0.25) is 10.0 Å². The summed E-state index contributed by atoms with van der Waals surface area (Å²) in [7, 11) is -4.02. The lowest BCUT2D eigenvalue weighted by atomic mass is 10.1. The molecule has 4 aromatic carbocycles. The Hall–Kier alpha value is -3.72. The Labute approximate surface area is 250 Å². The lowest BCUT2D eigenvalue weighted by Gasteiger charge is -2.37. The van der Waals surface area contributed by atoms with E-state index in [0.29, 0.717) is 47.7 Å². The molecule has 0 aromatic heterocycles. The molecule has 5 rings (SSSR count). The third-order valence-electron chi connectivity index (χ3n) is 6.93. The van der Waals surface area contributed by atoms with Crippen LogP contribution >= 0.6 is 23.2 Å². The lowest BCUT2D eigenvalue weighted by molar-refractivity contribution is 0.0748. The van der Waals surface area contributed by atoms with Crippen molar-refractivity contribution < 1.29 is 17.9 Å². The first-order valence-electron chi connectivity index (χ1n) is 13.1. The summed E-state index contributed by atoms with van der Waals surface area (Å²) in [5, 5.41) is 0.781. The summed E-state index contributed by atoms with van der Waals surface area (Å²) in [5.41, 5.74) is 3.89. The maximum Gasteiger partial charge on any atom is 0.261 e. The topological polar surface area (TPSA) is 79.0 Å². The Bertz CT molecular complexity index is 1690. The molecule has 4 aromatic rings. The van der Waals surface area contributed by atoms with Crippen LogP contribution in [0.15, 0.2) is 89.8 Å². The van der Waals surface area contributed by atoms with Crippen LogP contribution < -0.4 is 14.4 Å². The second kappa shape index (κ2) is 12.0. The summed E-state index contributed by atoms with van der Waals surface area (Å²) in [6, 6.07) is 23.9. The van der Waals surface area contributed by atoms with Crippen LogP contribution in [-0.4, -0.2) is 45.4 Å². The number of piperazine rings is 1. The molecule has 0 spiro atoms. The summed E-state index contributed by atoms with van der Waals surface area (Å²) in [5.74, 6) is 0.607. The molecule has 0 atom stereocenters. The quantitative estimate of drug-likeness (QED) is 0.240. The number of halogens is 2. The van der Waals surface area contributed by atoms with Gasteiger partial charge in [-0.1, -0.05) is 47.5 Å². The number of hydrogen-bond acceptors (Lipinski definition) is 5. The van der Waals surface area contributed by atoms with Gasteiger partial charge in [0.15, 0.2) is 0 Å². The highest BCUT2D eigenvalue weighted by Gasteiger charge is 2.26. The minimum atomic E-state index is -4.02. The molecule has 1 amide bonds. The molecule has 1 aliphatic rings. The highest BCUT2D eigenvalue weighted by molar-refractivity contribution is 7.92. The molecule has 1 saturated heterocycles. The Morgan fingerprint density at radius 1 is 0.854 bits per heavy atom. The predicted molar refractivity (Wildman–Crippen MR) is 164 cm³/mol. The number of sulfonamides is 1. The number of carbonyl (C=O) groups excluding carboxylic acids is 1. The number of nitrogens with zero attached hydrogens (tertiary/aromatic N) is 2. The average molecular weight is 611 g/mol. The number of aryl methyl sites for hydroxylation is 2. The van der Waals surface area contributed by atoms with Crippen molar-refractivity contribution in [2.24, 2.45) is 0 Å². The number of benzene rings is 4. The van der Waals surface area contributed by atoms with Crippen molar-refractivity contribution in [2.45, 2.75) is 18.7 Å². The second-order valence-electron chi connectivity index (χ2n) is 9.87. The van der Waals surface area contributed by atoms with Gasteiger partial charge in [0.05, 0.1) is 21.2 Å². The third-order valence-corrected chi connectivity index (χ3v) is 8.86. The van der Waals surface area contributed by atoms with Crippen LogP contribution in [-0.2, 0) is 10.0 Å². The molecule has 0 saturated carbocycles. The predicted octanol–water partition coefficient (Wildman–Crippen LogP) is 7.17. The zero-order valence-electron chi connectivity index (χ0n) is 22.6. The number of nitrogens with one attached hydrogen (secondary N) is 1. The standard InChI is InChI=1S/C31H29Cl2N3O4S/c1-21-7-8-22(2)29(19-21)35-15-17-36(18-16-35)31(37)26-20-23(32)9-14-28(26)34-41(38,39)25-12-10-24(11-13-25)40-30-6-4-3-5-27(30)33/h3-14,19-20,34H,15-18H2,1-2H3. The summed E-state index contributed by atoms with van der Waals surface area (Å²) in [6.07, 6.45) is 0. The van der Waals surface area contributed by atoms with Crippen LogP contribution in [0.5, 0.6) is 11.5 Å². The Morgan fingerprint density at radius 3 is 2.27 bits per heavy atom. The van der Waals surface area contributed by atoms with E-state index in [-0.39, 0.29) is 22.1 Å². The van der Waals surface area contributed by atoms with Crippen molar-refractivity contribution in [1.82, 2.24) is 4.90 Å². The van der Waals surface area contributed by atoms with E-state index >= 15 is 0 Å². The number of amides is 1. The van der Waals surface area contributed by atoms with Crippen molar-refractivity contribution in [3.05, 3.63) is 112 Å². The van der Waals surface area contributed by atoms with Crippen LogP contribution in [0.1, 0.15) is 21.5 Å². The molecular formula is C31H29Cl2N3O4S. The number of ether oxygens (including phenoxy) is 1. The number of anilines is 2. The maximum absolute atomic E-state index is 13.6. The van der Waals surface area contributed by atoms with Crippen molar-refractivity contribution in [1.29, 1.82) is 0 Å². The zero-order chi connectivity index (χ0) is 29.1. The van der Waals surface area contributed by atoms with E-state index in [2.05, 4.69) is 41.7 Å². The first kappa shape index (κ1) is 28.8. The number of hydrogen-bond donors (Lipinski definition) is 1. The molecule has 1 N–H and O–H groups in total.